The van der Waals surface area contributed by atoms with Crippen LogP contribution in [0.4, 0.5) is 10.5 Å². The summed E-state index contributed by atoms with van der Waals surface area (Å²) in [5.41, 5.74) is 2.54. The largest absolute Gasteiger partial charge is 0.367 e. The van der Waals surface area contributed by atoms with Crippen LogP contribution in [0.15, 0.2) is 59.1 Å². The molecule has 0 saturated carbocycles. The van der Waals surface area contributed by atoms with Crippen molar-refractivity contribution in [3.05, 3.63) is 66.1 Å². The topological polar surface area (TPSA) is 80.5 Å². The van der Waals surface area contributed by atoms with E-state index in [1.54, 1.807) is 11.8 Å². The molecule has 2 amide bonds. The highest BCUT2D eigenvalue weighted by Gasteiger charge is 2.29. The molecule has 2 unspecified atom stereocenters. The summed E-state index contributed by atoms with van der Waals surface area (Å²) < 4.78 is 11.1. The van der Waals surface area contributed by atoms with Crippen LogP contribution in [-0.4, -0.2) is 40.3 Å². The van der Waals surface area contributed by atoms with Gasteiger partial charge in [-0.2, -0.15) is 4.98 Å². The smallest absolute Gasteiger partial charge is 0.322 e. The van der Waals surface area contributed by atoms with Crippen molar-refractivity contribution in [2.45, 2.75) is 26.1 Å². The predicted octanol–water partition coefficient (Wildman–Crippen LogP) is 4.04. The van der Waals surface area contributed by atoms with Gasteiger partial charge in [0.2, 0.25) is 11.7 Å². The van der Waals surface area contributed by atoms with Crippen LogP contribution in [0.3, 0.4) is 0 Å². The highest BCUT2D eigenvalue weighted by molar-refractivity contribution is 5.90. The number of aryl methyl sites for hydroxylation is 1. The third-order valence-electron chi connectivity index (χ3n) is 4.62. The molecule has 1 N–H and O–H groups in total. The Labute approximate surface area is 163 Å². The Morgan fingerprint density at radius 1 is 1.14 bits per heavy atom. The first-order valence-electron chi connectivity index (χ1n) is 9.25. The van der Waals surface area contributed by atoms with Gasteiger partial charge in [0.1, 0.15) is 6.10 Å². The van der Waals surface area contributed by atoms with Crippen LogP contribution in [0.2, 0.25) is 0 Å². The summed E-state index contributed by atoms with van der Waals surface area (Å²) in [7, 11) is 0. The second-order valence-corrected chi connectivity index (χ2v) is 6.90. The normalized spacial score (nSPS) is 19.4. The number of hydrogen-bond donors (Lipinski definition) is 1. The molecule has 7 heteroatoms. The van der Waals surface area contributed by atoms with E-state index in [9.17, 15) is 4.79 Å². The molecule has 144 valence electrons. The molecule has 0 bridgehead atoms. The highest BCUT2D eigenvalue weighted by atomic mass is 16.5. The van der Waals surface area contributed by atoms with Crippen molar-refractivity contribution in [2.75, 3.05) is 18.4 Å². The number of amides is 2. The van der Waals surface area contributed by atoms with E-state index >= 15 is 0 Å². The molecule has 1 saturated heterocycles. The van der Waals surface area contributed by atoms with Gasteiger partial charge in [-0.1, -0.05) is 47.6 Å². The van der Waals surface area contributed by atoms with E-state index in [2.05, 4.69) is 15.5 Å². The van der Waals surface area contributed by atoms with E-state index in [4.69, 9.17) is 9.26 Å². The molecule has 3 aromatic rings. The summed E-state index contributed by atoms with van der Waals surface area (Å²) in [6.45, 7) is 4.77. The number of ether oxygens (including phenoxy) is 1. The Morgan fingerprint density at radius 2 is 1.96 bits per heavy atom. The molecule has 1 fully saturated rings. The lowest BCUT2D eigenvalue weighted by molar-refractivity contribution is -0.0642. The molecule has 1 aliphatic rings. The highest BCUT2D eigenvalue weighted by Crippen LogP contribution is 2.26. The Bertz CT molecular complexity index is 957. The van der Waals surface area contributed by atoms with Crippen LogP contribution in [0, 0.1) is 6.92 Å². The summed E-state index contributed by atoms with van der Waals surface area (Å²) in [5, 5.41) is 6.89. The SMILES string of the molecule is Cc1nc(-c2cccc(NC(=O)N3CC(C)OC(c4ccccc4)C3)c2)no1. The van der Waals surface area contributed by atoms with Gasteiger partial charge in [0.05, 0.1) is 12.6 Å². The zero-order valence-electron chi connectivity index (χ0n) is 15.8. The first-order chi connectivity index (χ1) is 13.6. The Morgan fingerprint density at radius 3 is 2.71 bits per heavy atom. The van der Waals surface area contributed by atoms with Gasteiger partial charge in [-0.3, -0.25) is 0 Å². The maximum atomic E-state index is 12.9. The zero-order chi connectivity index (χ0) is 19.5. The molecule has 1 aliphatic heterocycles. The molecule has 0 spiro atoms. The van der Waals surface area contributed by atoms with Gasteiger partial charge in [0, 0.05) is 24.7 Å². The molecular weight excluding hydrogens is 356 g/mol. The third kappa shape index (κ3) is 4.04. The summed E-state index contributed by atoms with van der Waals surface area (Å²) >= 11 is 0. The number of anilines is 1. The van der Waals surface area contributed by atoms with Crippen molar-refractivity contribution in [2.24, 2.45) is 0 Å². The summed E-state index contributed by atoms with van der Waals surface area (Å²) in [4.78, 5) is 18.9. The number of nitrogens with zero attached hydrogens (tertiary/aromatic N) is 3. The molecule has 0 aliphatic carbocycles. The molecule has 0 radical (unpaired) electrons. The van der Waals surface area contributed by atoms with Crippen molar-refractivity contribution in [3.8, 4) is 11.4 Å². The van der Waals surface area contributed by atoms with Gasteiger partial charge in [-0.05, 0) is 24.6 Å². The fourth-order valence-electron chi connectivity index (χ4n) is 3.32. The van der Waals surface area contributed by atoms with E-state index in [1.807, 2.05) is 61.5 Å². The van der Waals surface area contributed by atoms with Gasteiger partial charge in [0.25, 0.3) is 0 Å². The fourth-order valence-corrected chi connectivity index (χ4v) is 3.32. The lowest BCUT2D eigenvalue weighted by atomic mass is 10.1. The summed E-state index contributed by atoms with van der Waals surface area (Å²) in [5.74, 6) is 0.997. The van der Waals surface area contributed by atoms with Gasteiger partial charge in [-0.15, -0.1) is 0 Å². The minimum Gasteiger partial charge on any atom is -0.367 e. The first-order valence-corrected chi connectivity index (χ1v) is 9.25. The Balaban J connectivity index is 1.47. The quantitative estimate of drug-likeness (QED) is 0.744. The second-order valence-electron chi connectivity index (χ2n) is 6.90. The molecule has 4 rings (SSSR count). The van der Waals surface area contributed by atoms with Gasteiger partial charge in [0.15, 0.2) is 0 Å². The summed E-state index contributed by atoms with van der Waals surface area (Å²) in [6, 6.07) is 17.2. The Kier molecular flexibility index (Phi) is 5.08. The molecule has 2 heterocycles. The van der Waals surface area contributed by atoms with Crippen molar-refractivity contribution in [1.82, 2.24) is 15.0 Å². The number of carbonyl (C=O) groups excluding carboxylic acids is 1. The monoisotopic (exact) mass is 378 g/mol. The van der Waals surface area contributed by atoms with Crippen LogP contribution in [0.1, 0.15) is 24.5 Å². The second kappa shape index (κ2) is 7.82. The van der Waals surface area contributed by atoms with E-state index < -0.39 is 0 Å². The van der Waals surface area contributed by atoms with Crippen LogP contribution >= 0.6 is 0 Å². The minimum atomic E-state index is -0.155. The molecule has 2 atom stereocenters. The van der Waals surface area contributed by atoms with Gasteiger partial charge in [-0.25, -0.2) is 4.79 Å². The molecule has 2 aromatic carbocycles. The van der Waals surface area contributed by atoms with Crippen molar-refractivity contribution in [3.63, 3.8) is 0 Å². The number of rotatable bonds is 3. The van der Waals surface area contributed by atoms with Crippen LogP contribution in [0.25, 0.3) is 11.4 Å². The van der Waals surface area contributed by atoms with Gasteiger partial charge < -0.3 is 19.5 Å². The molecule has 7 nitrogen and oxygen atoms in total. The lowest BCUT2D eigenvalue weighted by Crippen LogP contribution is -2.47. The van der Waals surface area contributed by atoms with Crippen LogP contribution in [-0.2, 0) is 4.74 Å². The molecule has 28 heavy (non-hydrogen) atoms. The average molecular weight is 378 g/mol. The molecule has 1 aromatic heterocycles. The Hall–Kier alpha value is -3.19. The number of benzene rings is 2. The maximum absolute atomic E-state index is 12.9. The van der Waals surface area contributed by atoms with Crippen LogP contribution in [0.5, 0.6) is 0 Å². The number of hydrogen-bond acceptors (Lipinski definition) is 5. The first kappa shape index (κ1) is 18.2. The number of carbonyl (C=O) groups is 1. The predicted molar refractivity (Wildman–Crippen MR) is 105 cm³/mol. The molecular formula is C21H22N4O3. The number of nitrogens with one attached hydrogen (secondary N) is 1. The van der Waals surface area contributed by atoms with Crippen molar-refractivity contribution in [1.29, 1.82) is 0 Å². The average Bonchev–Trinajstić information content (AvgIpc) is 3.15. The maximum Gasteiger partial charge on any atom is 0.322 e. The van der Waals surface area contributed by atoms with E-state index in [0.717, 1.165) is 11.1 Å². The lowest BCUT2D eigenvalue weighted by Gasteiger charge is -2.37. The number of aromatic nitrogens is 2. The standard InChI is InChI=1S/C21H22N4O3/c1-14-12-25(13-19(27-14)16-7-4-3-5-8-16)21(26)23-18-10-6-9-17(11-18)20-22-15(2)28-24-20/h3-11,14,19H,12-13H2,1-2H3,(H,23,26). The van der Waals surface area contributed by atoms with E-state index in [1.165, 1.54) is 0 Å². The van der Waals surface area contributed by atoms with E-state index in [0.29, 0.717) is 30.5 Å². The van der Waals surface area contributed by atoms with Gasteiger partial charge >= 0.3 is 6.03 Å². The van der Waals surface area contributed by atoms with Crippen molar-refractivity contribution >= 4 is 11.7 Å². The van der Waals surface area contributed by atoms with Crippen LogP contribution < -0.4 is 5.32 Å². The van der Waals surface area contributed by atoms with Crippen molar-refractivity contribution < 1.29 is 14.1 Å². The third-order valence-corrected chi connectivity index (χ3v) is 4.62. The minimum absolute atomic E-state index is 0.0432. The van der Waals surface area contributed by atoms with E-state index in [-0.39, 0.29) is 18.2 Å². The fraction of sp³-hybridized carbons (Fsp3) is 0.286. The number of urea groups is 1. The zero-order valence-corrected chi connectivity index (χ0v) is 15.8. The number of morpholine rings is 1. The summed E-state index contributed by atoms with van der Waals surface area (Å²) in [6.07, 6.45) is -0.178.